The molecule has 4 rings (SSSR count). The van der Waals surface area contributed by atoms with Gasteiger partial charge < -0.3 is 9.63 Å². The van der Waals surface area contributed by atoms with Gasteiger partial charge in [-0.25, -0.2) is 14.6 Å². The Balaban J connectivity index is 1.69. The first-order valence-corrected chi connectivity index (χ1v) is 14.0. The molecule has 2 aliphatic carbocycles. The van der Waals surface area contributed by atoms with E-state index in [1.54, 1.807) is 12.1 Å². The molecule has 2 aromatic rings. The standard InChI is InChI=1S/C24H34FN3O2Si/c1-23(2,3)31(4,5)30-16-24-13-17-15-26-28(21-10-7-19(25)8-11-21)22(17)12-18(24)6-9-20(14-24)27-29/h7-8,10-12,15,20,27,29H,6,9,13-14,16H2,1-5H3/t20-,24+/m0/s1. The van der Waals surface area contributed by atoms with Crippen LogP contribution in [0.25, 0.3) is 11.8 Å². The number of hydrogen-bond acceptors (Lipinski definition) is 4. The van der Waals surface area contributed by atoms with E-state index in [9.17, 15) is 9.60 Å². The number of nitrogens with one attached hydrogen (secondary N) is 1. The smallest absolute Gasteiger partial charge is 0.192 e. The minimum atomic E-state index is -1.91. The lowest BCUT2D eigenvalue weighted by molar-refractivity contribution is 0.0578. The molecule has 0 aliphatic heterocycles. The van der Waals surface area contributed by atoms with Gasteiger partial charge in [0.25, 0.3) is 0 Å². The van der Waals surface area contributed by atoms with E-state index in [4.69, 9.17) is 4.43 Å². The van der Waals surface area contributed by atoms with E-state index in [1.165, 1.54) is 23.3 Å². The van der Waals surface area contributed by atoms with E-state index >= 15 is 0 Å². The predicted octanol–water partition coefficient (Wildman–Crippen LogP) is 5.49. The third-order valence-corrected chi connectivity index (χ3v) is 12.1. The van der Waals surface area contributed by atoms with E-state index in [-0.39, 0.29) is 22.3 Å². The van der Waals surface area contributed by atoms with Crippen LogP contribution in [0, 0.1) is 11.2 Å². The summed E-state index contributed by atoms with van der Waals surface area (Å²) in [5, 5.41) is 14.4. The van der Waals surface area contributed by atoms with Gasteiger partial charge in [-0.3, -0.25) is 0 Å². The van der Waals surface area contributed by atoms with Crippen molar-refractivity contribution in [1.29, 1.82) is 0 Å². The fourth-order valence-electron chi connectivity index (χ4n) is 4.56. The molecule has 7 heteroatoms. The molecular weight excluding hydrogens is 409 g/mol. The van der Waals surface area contributed by atoms with Crippen molar-refractivity contribution in [2.75, 3.05) is 6.61 Å². The van der Waals surface area contributed by atoms with Crippen LogP contribution in [0.5, 0.6) is 0 Å². The van der Waals surface area contributed by atoms with Gasteiger partial charge in [0.1, 0.15) is 5.82 Å². The number of fused-ring (bicyclic) bond motifs is 2. The second-order valence-electron chi connectivity index (χ2n) is 10.7. The Kier molecular flexibility index (Phi) is 5.75. The molecule has 1 fully saturated rings. The van der Waals surface area contributed by atoms with Crippen molar-refractivity contribution in [3.8, 4) is 5.69 Å². The lowest BCUT2D eigenvalue weighted by Crippen LogP contribution is -2.49. The summed E-state index contributed by atoms with van der Waals surface area (Å²) in [5.41, 5.74) is 6.85. The van der Waals surface area contributed by atoms with Crippen LogP contribution in [0.1, 0.15) is 51.3 Å². The van der Waals surface area contributed by atoms with E-state index in [1.807, 2.05) is 10.9 Å². The maximum Gasteiger partial charge on any atom is 0.192 e. The predicted molar refractivity (Wildman–Crippen MR) is 123 cm³/mol. The van der Waals surface area contributed by atoms with Crippen LogP contribution in [-0.2, 0) is 10.8 Å². The molecule has 0 unspecified atom stereocenters. The van der Waals surface area contributed by atoms with Gasteiger partial charge in [0.05, 0.1) is 17.6 Å². The Morgan fingerprint density at radius 3 is 2.65 bits per heavy atom. The first-order chi connectivity index (χ1) is 14.5. The normalized spacial score (nSPS) is 23.8. The summed E-state index contributed by atoms with van der Waals surface area (Å²) in [7, 11) is -1.91. The third kappa shape index (κ3) is 4.16. The highest BCUT2D eigenvalue weighted by molar-refractivity contribution is 6.74. The summed E-state index contributed by atoms with van der Waals surface area (Å²) in [4.78, 5) is 0. The molecule has 1 aromatic carbocycles. The minimum Gasteiger partial charge on any atom is -0.416 e. The Hall–Kier alpha value is -1.80. The highest BCUT2D eigenvalue weighted by Crippen LogP contribution is 2.49. The Labute approximate surface area is 185 Å². The zero-order valence-corrected chi connectivity index (χ0v) is 20.2. The molecule has 1 aromatic heterocycles. The van der Waals surface area contributed by atoms with Crippen molar-refractivity contribution in [2.45, 2.75) is 70.6 Å². The van der Waals surface area contributed by atoms with Crippen molar-refractivity contribution in [3.63, 3.8) is 0 Å². The lowest BCUT2D eigenvalue weighted by Gasteiger charge is -2.47. The fraction of sp³-hybridized carbons (Fsp3) is 0.542. The van der Waals surface area contributed by atoms with Crippen LogP contribution in [0.15, 0.2) is 36.0 Å². The molecule has 168 valence electrons. The van der Waals surface area contributed by atoms with Crippen LogP contribution in [0.4, 0.5) is 4.39 Å². The van der Waals surface area contributed by atoms with Gasteiger partial charge in [-0.05, 0) is 79.7 Å². The summed E-state index contributed by atoms with van der Waals surface area (Å²) in [6.07, 6.45) is 7.67. The highest BCUT2D eigenvalue weighted by atomic mass is 28.4. The fourth-order valence-corrected chi connectivity index (χ4v) is 5.63. The average molecular weight is 444 g/mol. The zero-order valence-electron chi connectivity index (χ0n) is 19.2. The van der Waals surface area contributed by atoms with Crippen LogP contribution in [-0.4, -0.2) is 36.0 Å². The molecule has 2 N–H and O–H groups in total. The number of aromatic nitrogens is 2. The molecule has 1 heterocycles. The molecule has 5 nitrogen and oxygen atoms in total. The zero-order chi connectivity index (χ0) is 22.4. The number of nitrogens with zero attached hydrogens (tertiary/aromatic N) is 2. The number of benzene rings is 1. The topological polar surface area (TPSA) is 59.3 Å². The maximum atomic E-state index is 13.4. The summed E-state index contributed by atoms with van der Waals surface area (Å²) in [5.74, 6) is -0.250. The Bertz CT molecular complexity index is 978. The largest absolute Gasteiger partial charge is 0.416 e. The van der Waals surface area contributed by atoms with Crippen molar-refractivity contribution < 1.29 is 14.0 Å². The number of rotatable bonds is 5. The molecule has 0 radical (unpaired) electrons. The van der Waals surface area contributed by atoms with E-state index < -0.39 is 8.32 Å². The number of halogens is 1. The molecule has 0 saturated heterocycles. The molecule has 0 spiro atoms. The second kappa shape index (κ2) is 7.96. The number of hydroxylamine groups is 1. The number of hydrogen-bond donors (Lipinski definition) is 2. The first-order valence-electron chi connectivity index (χ1n) is 11.1. The average Bonchev–Trinajstić information content (AvgIpc) is 3.12. The molecule has 31 heavy (non-hydrogen) atoms. The monoisotopic (exact) mass is 443 g/mol. The summed E-state index contributed by atoms with van der Waals surface area (Å²) < 4.78 is 22.0. The molecule has 2 atom stereocenters. The van der Waals surface area contributed by atoms with Gasteiger partial charge in [0.2, 0.25) is 0 Å². The van der Waals surface area contributed by atoms with Crippen molar-refractivity contribution in [1.82, 2.24) is 15.3 Å². The van der Waals surface area contributed by atoms with Gasteiger partial charge in [0, 0.05) is 18.1 Å². The van der Waals surface area contributed by atoms with Gasteiger partial charge in [-0.1, -0.05) is 26.3 Å². The quantitative estimate of drug-likeness (QED) is 0.474. The summed E-state index contributed by atoms with van der Waals surface area (Å²) in [6.45, 7) is 12.0. The van der Waals surface area contributed by atoms with Gasteiger partial charge >= 0.3 is 0 Å². The Morgan fingerprint density at radius 2 is 2.00 bits per heavy atom. The van der Waals surface area contributed by atoms with Crippen LogP contribution in [0.3, 0.4) is 0 Å². The third-order valence-electron chi connectivity index (χ3n) is 7.58. The SMILES string of the molecule is CC(C)(C)[Si](C)(C)OC[C@]12Cc3cnn(-c4ccc(F)cc4)c3C=C1CC[C@H](NO)C2. The summed E-state index contributed by atoms with van der Waals surface area (Å²) >= 11 is 0. The maximum absolute atomic E-state index is 13.4. The van der Waals surface area contributed by atoms with Gasteiger partial charge in [-0.2, -0.15) is 5.10 Å². The van der Waals surface area contributed by atoms with E-state index in [0.29, 0.717) is 6.61 Å². The summed E-state index contributed by atoms with van der Waals surface area (Å²) in [6, 6.07) is 6.52. The lowest BCUT2D eigenvalue weighted by atomic mass is 9.63. The molecule has 2 aliphatic rings. The van der Waals surface area contributed by atoms with Gasteiger partial charge in [-0.15, -0.1) is 0 Å². The molecule has 0 bridgehead atoms. The van der Waals surface area contributed by atoms with E-state index in [2.05, 4.69) is 50.5 Å². The molecule has 1 saturated carbocycles. The minimum absolute atomic E-state index is 0.0638. The molecular formula is C24H34FN3O2Si. The highest BCUT2D eigenvalue weighted by Gasteiger charge is 2.46. The van der Waals surface area contributed by atoms with E-state index in [0.717, 1.165) is 37.1 Å². The van der Waals surface area contributed by atoms with Crippen LogP contribution in [0.2, 0.25) is 18.1 Å². The first kappa shape index (κ1) is 22.4. The van der Waals surface area contributed by atoms with Crippen LogP contribution < -0.4 is 5.48 Å². The van der Waals surface area contributed by atoms with Crippen molar-refractivity contribution in [2.24, 2.45) is 5.41 Å². The van der Waals surface area contributed by atoms with Crippen LogP contribution >= 0.6 is 0 Å². The van der Waals surface area contributed by atoms with Crippen molar-refractivity contribution >= 4 is 14.4 Å². The van der Waals surface area contributed by atoms with Gasteiger partial charge in [0.15, 0.2) is 8.32 Å². The van der Waals surface area contributed by atoms with Crippen molar-refractivity contribution in [3.05, 3.63) is 53.1 Å². The second-order valence-corrected chi connectivity index (χ2v) is 15.5. The molecule has 0 amide bonds. The Morgan fingerprint density at radius 1 is 1.29 bits per heavy atom.